The van der Waals surface area contributed by atoms with Gasteiger partial charge in [0.2, 0.25) is 0 Å². The van der Waals surface area contributed by atoms with Gasteiger partial charge in [0.25, 0.3) is 5.69 Å². The highest BCUT2D eigenvalue weighted by Crippen LogP contribution is 2.32. The highest BCUT2D eigenvalue weighted by atomic mass is 16.6. The van der Waals surface area contributed by atoms with E-state index in [0.717, 1.165) is 0 Å². The van der Waals surface area contributed by atoms with E-state index in [9.17, 15) is 10.1 Å². The first-order valence-corrected chi connectivity index (χ1v) is 5.23. The number of anilines is 2. The Labute approximate surface area is 103 Å². The summed E-state index contributed by atoms with van der Waals surface area (Å²) < 4.78 is 0. The molecule has 0 heterocycles. The average Bonchev–Trinajstić information content (AvgIpc) is 2.38. The van der Waals surface area contributed by atoms with Crippen LogP contribution in [0.4, 0.5) is 17.1 Å². The number of para-hydroxylation sites is 1. The molecule has 0 radical (unpaired) electrons. The van der Waals surface area contributed by atoms with Crippen molar-refractivity contribution in [3.05, 3.63) is 52.6 Å². The number of benzene rings is 2. The molecule has 6 nitrogen and oxygen atoms in total. The largest absolute Gasteiger partial charge is 0.397 e. The Hall–Kier alpha value is -2.60. The van der Waals surface area contributed by atoms with E-state index >= 15 is 0 Å². The number of rotatable bonds is 3. The second kappa shape index (κ2) is 4.72. The second-order valence-corrected chi connectivity index (χ2v) is 3.72. The molecule has 0 atom stereocenters. The van der Waals surface area contributed by atoms with Crippen molar-refractivity contribution in [1.29, 1.82) is 0 Å². The zero-order valence-electron chi connectivity index (χ0n) is 9.46. The Morgan fingerprint density at radius 2 is 1.89 bits per heavy atom. The SMILES string of the molecule is NNc1ccc(-c2ccccc2[N+](=O)[O-])cc1N. The fourth-order valence-electron chi connectivity index (χ4n) is 1.74. The Bertz CT molecular complexity index is 598. The van der Waals surface area contributed by atoms with Gasteiger partial charge in [-0.3, -0.25) is 16.0 Å². The van der Waals surface area contributed by atoms with Gasteiger partial charge in [0.1, 0.15) is 0 Å². The predicted molar refractivity (Wildman–Crippen MR) is 70.8 cm³/mol. The van der Waals surface area contributed by atoms with Gasteiger partial charge in [-0.05, 0) is 23.8 Å². The molecule has 0 fully saturated rings. The Kier molecular flexibility index (Phi) is 3.11. The van der Waals surface area contributed by atoms with Crippen LogP contribution in [0.25, 0.3) is 11.1 Å². The molecule has 2 rings (SSSR count). The summed E-state index contributed by atoms with van der Waals surface area (Å²) in [6, 6.07) is 11.6. The number of hydrogen-bond donors (Lipinski definition) is 3. The van der Waals surface area contributed by atoms with Crippen molar-refractivity contribution in [3.63, 3.8) is 0 Å². The van der Waals surface area contributed by atoms with Crippen molar-refractivity contribution in [3.8, 4) is 11.1 Å². The van der Waals surface area contributed by atoms with Crippen LogP contribution < -0.4 is 17.0 Å². The van der Waals surface area contributed by atoms with E-state index in [1.54, 1.807) is 36.4 Å². The Balaban J connectivity index is 2.55. The summed E-state index contributed by atoms with van der Waals surface area (Å²) in [5, 5.41) is 10.9. The highest BCUT2D eigenvalue weighted by molar-refractivity contribution is 5.80. The lowest BCUT2D eigenvalue weighted by molar-refractivity contribution is -0.384. The van der Waals surface area contributed by atoms with Gasteiger partial charge in [-0.15, -0.1) is 0 Å². The number of nitrogens with two attached hydrogens (primary N) is 2. The van der Waals surface area contributed by atoms with Gasteiger partial charge < -0.3 is 11.2 Å². The van der Waals surface area contributed by atoms with Crippen LogP contribution in [-0.4, -0.2) is 4.92 Å². The molecule has 0 amide bonds. The summed E-state index contributed by atoms with van der Waals surface area (Å²) in [6.07, 6.45) is 0. The molecule has 2 aromatic rings. The van der Waals surface area contributed by atoms with E-state index < -0.39 is 4.92 Å². The standard InChI is InChI=1S/C12H12N4O2/c13-10-7-8(5-6-11(10)15-14)9-3-1-2-4-12(9)16(17)18/h1-7,15H,13-14H2. The Morgan fingerprint density at radius 3 is 2.50 bits per heavy atom. The third-order valence-corrected chi connectivity index (χ3v) is 2.62. The number of hydrogen-bond acceptors (Lipinski definition) is 5. The minimum absolute atomic E-state index is 0.0466. The molecule has 0 aliphatic carbocycles. The lowest BCUT2D eigenvalue weighted by Crippen LogP contribution is -2.08. The molecule has 92 valence electrons. The van der Waals surface area contributed by atoms with Crippen LogP contribution in [0.5, 0.6) is 0 Å². The maximum absolute atomic E-state index is 10.9. The first kappa shape index (κ1) is 11.9. The third kappa shape index (κ3) is 2.09. The number of nitrogen functional groups attached to an aromatic ring is 2. The van der Waals surface area contributed by atoms with Crippen molar-refractivity contribution >= 4 is 17.1 Å². The lowest BCUT2D eigenvalue weighted by Gasteiger charge is -2.08. The molecule has 0 saturated heterocycles. The normalized spacial score (nSPS) is 10.1. The molecule has 0 spiro atoms. The van der Waals surface area contributed by atoms with Crippen LogP contribution >= 0.6 is 0 Å². The summed E-state index contributed by atoms with van der Waals surface area (Å²) in [5.74, 6) is 5.28. The van der Waals surface area contributed by atoms with Gasteiger partial charge in [-0.1, -0.05) is 18.2 Å². The van der Waals surface area contributed by atoms with Gasteiger partial charge in [-0.2, -0.15) is 0 Å². The quantitative estimate of drug-likeness (QED) is 0.332. The van der Waals surface area contributed by atoms with Gasteiger partial charge in [0, 0.05) is 6.07 Å². The second-order valence-electron chi connectivity index (χ2n) is 3.72. The maximum atomic E-state index is 10.9. The molecule has 0 aromatic heterocycles. The topological polar surface area (TPSA) is 107 Å². The molecule has 0 bridgehead atoms. The van der Waals surface area contributed by atoms with Crippen molar-refractivity contribution in [2.75, 3.05) is 11.2 Å². The highest BCUT2D eigenvalue weighted by Gasteiger charge is 2.14. The summed E-state index contributed by atoms with van der Waals surface area (Å²) in [6.45, 7) is 0. The van der Waals surface area contributed by atoms with E-state index in [2.05, 4.69) is 5.43 Å². The third-order valence-electron chi connectivity index (χ3n) is 2.62. The zero-order chi connectivity index (χ0) is 13.1. The summed E-state index contributed by atoms with van der Waals surface area (Å²) in [4.78, 5) is 10.5. The molecular formula is C12H12N4O2. The van der Waals surface area contributed by atoms with E-state index in [0.29, 0.717) is 22.5 Å². The van der Waals surface area contributed by atoms with Crippen LogP contribution in [0.1, 0.15) is 0 Å². The minimum atomic E-state index is -0.416. The van der Waals surface area contributed by atoms with E-state index in [4.69, 9.17) is 11.6 Å². The number of nitrogens with one attached hydrogen (secondary N) is 1. The Morgan fingerprint density at radius 1 is 1.17 bits per heavy atom. The molecule has 2 aromatic carbocycles. The summed E-state index contributed by atoms with van der Waals surface area (Å²) in [5.41, 5.74) is 10.5. The molecule has 0 aliphatic rings. The maximum Gasteiger partial charge on any atom is 0.277 e. The first-order valence-electron chi connectivity index (χ1n) is 5.23. The number of hydrazine groups is 1. The molecule has 0 aliphatic heterocycles. The van der Waals surface area contributed by atoms with Crippen molar-refractivity contribution in [2.45, 2.75) is 0 Å². The molecule has 6 heteroatoms. The van der Waals surface area contributed by atoms with E-state index in [1.165, 1.54) is 6.07 Å². The number of nitro benzene ring substituents is 1. The molecule has 5 N–H and O–H groups in total. The fraction of sp³-hybridized carbons (Fsp3) is 0. The van der Waals surface area contributed by atoms with Crippen molar-refractivity contribution < 1.29 is 4.92 Å². The minimum Gasteiger partial charge on any atom is -0.397 e. The zero-order valence-corrected chi connectivity index (χ0v) is 9.46. The molecular weight excluding hydrogens is 232 g/mol. The molecule has 0 unspecified atom stereocenters. The smallest absolute Gasteiger partial charge is 0.277 e. The van der Waals surface area contributed by atoms with Gasteiger partial charge in [-0.25, -0.2) is 0 Å². The monoisotopic (exact) mass is 244 g/mol. The fourth-order valence-corrected chi connectivity index (χ4v) is 1.74. The lowest BCUT2D eigenvalue weighted by atomic mass is 10.0. The van der Waals surface area contributed by atoms with Crippen LogP contribution in [0.15, 0.2) is 42.5 Å². The van der Waals surface area contributed by atoms with Gasteiger partial charge >= 0.3 is 0 Å². The average molecular weight is 244 g/mol. The van der Waals surface area contributed by atoms with Crippen molar-refractivity contribution in [2.24, 2.45) is 5.84 Å². The van der Waals surface area contributed by atoms with E-state index in [1.807, 2.05) is 0 Å². The molecule has 18 heavy (non-hydrogen) atoms. The number of nitrogens with zero attached hydrogens (tertiary/aromatic N) is 1. The van der Waals surface area contributed by atoms with Gasteiger partial charge in [0.05, 0.1) is 21.9 Å². The summed E-state index contributed by atoms with van der Waals surface area (Å²) in [7, 11) is 0. The van der Waals surface area contributed by atoms with Crippen LogP contribution in [0.3, 0.4) is 0 Å². The van der Waals surface area contributed by atoms with Crippen LogP contribution in [0, 0.1) is 10.1 Å². The van der Waals surface area contributed by atoms with Crippen LogP contribution in [0.2, 0.25) is 0 Å². The number of nitro groups is 1. The van der Waals surface area contributed by atoms with Crippen molar-refractivity contribution in [1.82, 2.24) is 0 Å². The van der Waals surface area contributed by atoms with E-state index in [-0.39, 0.29) is 5.69 Å². The summed E-state index contributed by atoms with van der Waals surface area (Å²) >= 11 is 0. The first-order chi connectivity index (χ1) is 8.63. The predicted octanol–water partition coefficient (Wildman–Crippen LogP) is 2.13. The van der Waals surface area contributed by atoms with Gasteiger partial charge in [0.15, 0.2) is 0 Å². The van der Waals surface area contributed by atoms with Crippen LogP contribution in [-0.2, 0) is 0 Å². The molecule has 0 saturated carbocycles.